The molecule has 19 heavy (non-hydrogen) atoms. The van der Waals surface area contributed by atoms with E-state index < -0.39 is 0 Å². The van der Waals surface area contributed by atoms with Crippen molar-refractivity contribution in [2.45, 2.75) is 64.3 Å². The number of rotatable bonds is 8. The molecule has 0 radical (unpaired) electrons. The van der Waals surface area contributed by atoms with Gasteiger partial charge >= 0.3 is 0 Å². The van der Waals surface area contributed by atoms with Gasteiger partial charge in [0, 0.05) is 11.7 Å². The first-order chi connectivity index (χ1) is 9.31. The zero-order valence-corrected chi connectivity index (χ0v) is 12.3. The molecule has 1 atom stereocenters. The third-order valence-electron chi connectivity index (χ3n) is 4.17. The first-order valence-electron chi connectivity index (χ1n) is 7.93. The molecular formula is C17H28N2. The number of hydrogen-bond acceptors (Lipinski definition) is 2. The number of hydrogen-bond donors (Lipinski definition) is 2. The van der Waals surface area contributed by atoms with Crippen LogP contribution in [0.15, 0.2) is 18.2 Å². The Bertz CT molecular complexity index is 387. The Labute approximate surface area is 117 Å². The standard InChI is InChI=1S/C17H28N2/c1-2-3-4-5-6-7-12-19-17-11-8-14-13-15(18)9-10-16(14)17/h9-10,13,17,19H,2-8,11-12,18H2,1H3. The number of nitrogens with two attached hydrogens (primary N) is 1. The highest BCUT2D eigenvalue weighted by atomic mass is 14.9. The Morgan fingerprint density at radius 2 is 1.95 bits per heavy atom. The second-order valence-corrected chi connectivity index (χ2v) is 5.77. The highest BCUT2D eigenvalue weighted by molar-refractivity contribution is 5.47. The van der Waals surface area contributed by atoms with Gasteiger partial charge in [0.05, 0.1) is 0 Å². The van der Waals surface area contributed by atoms with Crippen LogP contribution >= 0.6 is 0 Å². The molecule has 1 aromatic carbocycles. The minimum atomic E-state index is 0.561. The van der Waals surface area contributed by atoms with Crippen molar-refractivity contribution in [3.05, 3.63) is 29.3 Å². The van der Waals surface area contributed by atoms with Crippen LogP contribution in [0.5, 0.6) is 0 Å². The normalized spacial score (nSPS) is 17.6. The molecule has 2 rings (SSSR count). The maximum absolute atomic E-state index is 5.84. The topological polar surface area (TPSA) is 38.0 Å². The predicted octanol–water partition coefficient (Wildman–Crippen LogP) is 4.21. The Morgan fingerprint density at radius 1 is 1.16 bits per heavy atom. The molecule has 0 heterocycles. The summed E-state index contributed by atoms with van der Waals surface area (Å²) in [5.41, 5.74) is 9.65. The fourth-order valence-corrected chi connectivity index (χ4v) is 3.03. The van der Waals surface area contributed by atoms with Crippen LogP contribution in [0.1, 0.15) is 69.0 Å². The number of aryl methyl sites for hydroxylation is 1. The smallest absolute Gasteiger partial charge is 0.0326 e. The Kier molecular flexibility index (Phi) is 5.71. The molecule has 1 aliphatic carbocycles. The molecule has 0 amide bonds. The lowest BCUT2D eigenvalue weighted by Gasteiger charge is -2.14. The molecule has 1 unspecified atom stereocenters. The lowest BCUT2D eigenvalue weighted by Crippen LogP contribution is -2.20. The van der Waals surface area contributed by atoms with Crippen molar-refractivity contribution >= 4 is 5.69 Å². The van der Waals surface area contributed by atoms with E-state index in [0.29, 0.717) is 6.04 Å². The van der Waals surface area contributed by atoms with E-state index in [4.69, 9.17) is 5.73 Å². The maximum atomic E-state index is 5.84. The fourth-order valence-electron chi connectivity index (χ4n) is 3.03. The molecule has 0 bridgehead atoms. The van der Waals surface area contributed by atoms with Crippen LogP contribution < -0.4 is 11.1 Å². The van der Waals surface area contributed by atoms with Crippen molar-refractivity contribution < 1.29 is 0 Å². The third kappa shape index (κ3) is 4.24. The predicted molar refractivity (Wildman–Crippen MR) is 83.3 cm³/mol. The molecule has 0 fully saturated rings. The highest BCUT2D eigenvalue weighted by Crippen LogP contribution is 2.32. The van der Waals surface area contributed by atoms with E-state index in [-0.39, 0.29) is 0 Å². The number of fused-ring (bicyclic) bond motifs is 1. The van der Waals surface area contributed by atoms with Crippen LogP contribution in [0.25, 0.3) is 0 Å². The van der Waals surface area contributed by atoms with E-state index in [1.165, 1.54) is 62.5 Å². The van der Waals surface area contributed by atoms with Gasteiger partial charge in [0.25, 0.3) is 0 Å². The molecular weight excluding hydrogens is 232 g/mol. The molecule has 0 saturated heterocycles. The Morgan fingerprint density at radius 3 is 2.79 bits per heavy atom. The molecule has 0 aliphatic heterocycles. The van der Waals surface area contributed by atoms with Crippen LogP contribution in [0, 0.1) is 0 Å². The van der Waals surface area contributed by atoms with E-state index >= 15 is 0 Å². The monoisotopic (exact) mass is 260 g/mol. The average molecular weight is 260 g/mol. The zero-order valence-electron chi connectivity index (χ0n) is 12.3. The number of benzene rings is 1. The third-order valence-corrected chi connectivity index (χ3v) is 4.17. The first-order valence-corrected chi connectivity index (χ1v) is 7.93. The number of nitrogen functional groups attached to an aromatic ring is 1. The van der Waals surface area contributed by atoms with Crippen molar-refractivity contribution in [1.29, 1.82) is 0 Å². The summed E-state index contributed by atoms with van der Waals surface area (Å²) in [6.07, 6.45) is 10.6. The van der Waals surface area contributed by atoms with Crippen LogP contribution in [0.3, 0.4) is 0 Å². The van der Waals surface area contributed by atoms with Crippen molar-refractivity contribution in [1.82, 2.24) is 5.32 Å². The highest BCUT2D eigenvalue weighted by Gasteiger charge is 2.21. The van der Waals surface area contributed by atoms with Gasteiger partial charge in [-0.3, -0.25) is 0 Å². The summed E-state index contributed by atoms with van der Waals surface area (Å²) in [4.78, 5) is 0. The molecule has 3 N–H and O–H groups in total. The van der Waals surface area contributed by atoms with Crippen molar-refractivity contribution in [3.63, 3.8) is 0 Å². The van der Waals surface area contributed by atoms with Gasteiger partial charge in [0.1, 0.15) is 0 Å². The van der Waals surface area contributed by atoms with Gasteiger partial charge in [-0.1, -0.05) is 45.1 Å². The maximum Gasteiger partial charge on any atom is 0.0326 e. The molecule has 106 valence electrons. The lowest BCUT2D eigenvalue weighted by atomic mass is 10.1. The first kappa shape index (κ1) is 14.4. The van der Waals surface area contributed by atoms with Crippen LogP contribution in [0.4, 0.5) is 5.69 Å². The molecule has 0 saturated carbocycles. The van der Waals surface area contributed by atoms with Gasteiger partial charge in [0.2, 0.25) is 0 Å². The molecule has 2 heteroatoms. The van der Waals surface area contributed by atoms with Gasteiger partial charge in [0.15, 0.2) is 0 Å². The molecule has 0 aromatic heterocycles. The van der Waals surface area contributed by atoms with E-state index in [2.05, 4.69) is 24.4 Å². The van der Waals surface area contributed by atoms with Crippen LogP contribution in [-0.2, 0) is 6.42 Å². The molecule has 1 aromatic rings. The molecule has 2 nitrogen and oxygen atoms in total. The second kappa shape index (κ2) is 7.54. The number of anilines is 1. The van der Waals surface area contributed by atoms with E-state index in [9.17, 15) is 0 Å². The van der Waals surface area contributed by atoms with Crippen molar-refractivity contribution in [3.8, 4) is 0 Å². The summed E-state index contributed by atoms with van der Waals surface area (Å²) in [5, 5.41) is 3.71. The second-order valence-electron chi connectivity index (χ2n) is 5.77. The summed E-state index contributed by atoms with van der Waals surface area (Å²) < 4.78 is 0. The summed E-state index contributed by atoms with van der Waals surface area (Å²) in [5.74, 6) is 0. The van der Waals surface area contributed by atoms with E-state index in [1.807, 2.05) is 6.07 Å². The fraction of sp³-hybridized carbons (Fsp3) is 0.647. The molecule has 0 spiro atoms. The SMILES string of the molecule is CCCCCCCCNC1CCc2cc(N)ccc21. The zero-order chi connectivity index (χ0) is 13.5. The quantitative estimate of drug-likeness (QED) is 0.543. The largest absolute Gasteiger partial charge is 0.399 e. The summed E-state index contributed by atoms with van der Waals surface area (Å²) in [7, 11) is 0. The summed E-state index contributed by atoms with van der Waals surface area (Å²) in [6.45, 7) is 3.42. The summed E-state index contributed by atoms with van der Waals surface area (Å²) in [6, 6.07) is 6.94. The van der Waals surface area contributed by atoms with Gasteiger partial charge in [-0.2, -0.15) is 0 Å². The van der Waals surface area contributed by atoms with Crippen molar-refractivity contribution in [2.75, 3.05) is 12.3 Å². The van der Waals surface area contributed by atoms with Crippen molar-refractivity contribution in [2.24, 2.45) is 0 Å². The lowest BCUT2D eigenvalue weighted by molar-refractivity contribution is 0.501. The minimum absolute atomic E-state index is 0.561. The van der Waals surface area contributed by atoms with Gasteiger partial charge in [-0.05, 0) is 49.1 Å². The summed E-state index contributed by atoms with van der Waals surface area (Å²) >= 11 is 0. The average Bonchev–Trinajstić information content (AvgIpc) is 2.80. The molecule has 1 aliphatic rings. The van der Waals surface area contributed by atoms with E-state index in [0.717, 1.165) is 12.2 Å². The van der Waals surface area contributed by atoms with Gasteiger partial charge in [-0.25, -0.2) is 0 Å². The number of unbranched alkanes of at least 4 members (excludes halogenated alkanes) is 5. The minimum Gasteiger partial charge on any atom is -0.399 e. The van der Waals surface area contributed by atoms with Crippen LogP contribution in [-0.4, -0.2) is 6.54 Å². The Balaban J connectivity index is 1.66. The number of nitrogens with one attached hydrogen (secondary N) is 1. The Hall–Kier alpha value is -1.02. The van der Waals surface area contributed by atoms with E-state index in [1.54, 1.807) is 0 Å². The van der Waals surface area contributed by atoms with Gasteiger partial charge in [-0.15, -0.1) is 0 Å². The van der Waals surface area contributed by atoms with Gasteiger partial charge < -0.3 is 11.1 Å². The van der Waals surface area contributed by atoms with Crippen LogP contribution in [0.2, 0.25) is 0 Å².